The van der Waals surface area contributed by atoms with E-state index < -0.39 is 222 Å². The van der Waals surface area contributed by atoms with Crippen LogP contribution in [-0.2, 0) is 66.5 Å². The summed E-state index contributed by atoms with van der Waals surface area (Å²) >= 11 is 0. The molecule has 34 heteroatoms. The standard InChI is InChI=1S/C36H56O34/c37-1-4-7(40)11(44)24(31(59)60-4)67-33-17(50)15(48)22(27(69-33)30(57)58)65-36-25(12(45)8(41)5(2-38)62-36)68-34-18(51)14(47)21(26(70-34)29(55)56)64-35-19(52)20(9(42)6(3-39)61-35)63-32-16(49)10(43)13(46)23(66-32)28(53)54/h4-27,31-52,59H,1-3H2,(H,53,54)(H,55,56)(H,57,58)/t4-,5-,6-,7-,8-,9-,10+,11+,12+,13+,14-,15-,16-,17-,18-,19+,20+,21+,22+,23+,24+,25+,26+,27+,31?,32-,33-,34-,35-,36-/m1/s1. The van der Waals surface area contributed by atoms with E-state index in [0.29, 0.717) is 0 Å². The van der Waals surface area contributed by atoms with Gasteiger partial charge in [0.1, 0.15) is 128 Å². The molecule has 20 N–H and O–H groups in total. The molecule has 0 spiro atoms. The average Bonchev–Trinajstić information content (AvgIpc) is 3.31. The fourth-order valence-corrected chi connectivity index (χ4v) is 8.39. The Morgan fingerprint density at radius 3 is 1.10 bits per heavy atom. The predicted molar refractivity (Wildman–Crippen MR) is 201 cm³/mol. The fraction of sp³-hybridized carbons (Fsp3) is 0.917. The van der Waals surface area contributed by atoms with Crippen molar-refractivity contribution in [3.63, 3.8) is 0 Å². The molecule has 6 aliphatic heterocycles. The minimum Gasteiger partial charge on any atom is -0.479 e. The van der Waals surface area contributed by atoms with Crippen LogP contribution in [0, 0.1) is 0 Å². The zero-order valence-electron chi connectivity index (χ0n) is 35.6. The van der Waals surface area contributed by atoms with Crippen LogP contribution in [0.1, 0.15) is 0 Å². The molecule has 1 unspecified atom stereocenters. The average molecular weight is 1030 g/mol. The van der Waals surface area contributed by atoms with Crippen LogP contribution >= 0.6 is 0 Å². The first-order chi connectivity index (χ1) is 32.9. The lowest BCUT2D eigenvalue weighted by atomic mass is 9.95. The molecule has 6 rings (SSSR count). The van der Waals surface area contributed by atoms with Crippen LogP contribution in [0.4, 0.5) is 0 Å². The zero-order valence-corrected chi connectivity index (χ0v) is 35.6. The molecule has 0 aliphatic carbocycles. The highest BCUT2D eigenvalue weighted by molar-refractivity contribution is 5.74. The number of aliphatic carboxylic acids is 3. The molecule has 0 aromatic carbocycles. The Labute approximate surface area is 390 Å². The lowest BCUT2D eigenvalue weighted by Gasteiger charge is -2.49. The van der Waals surface area contributed by atoms with Gasteiger partial charge >= 0.3 is 17.9 Å². The van der Waals surface area contributed by atoms with Gasteiger partial charge in [-0.05, 0) is 0 Å². The van der Waals surface area contributed by atoms with Gasteiger partial charge in [-0.3, -0.25) is 0 Å². The minimum atomic E-state index is -2.53. The summed E-state index contributed by atoms with van der Waals surface area (Å²) in [5.74, 6) is -5.84. The summed E-state index contributed by atoms with van der Waals surface area (Å²) in [6.45, 7) is -3.10. The van der Waals surface area contributed by atoms with E-state index in [4.69, 9.17) is 52.1 Å². The van der Waals surface area contributed by atoms with Gasteiger partial charge in [-0.1, -0.05) is 0 Å². The Hall–Kier alpha value is -2.71. The van der Waals surface area contributed by atoms with Crippen molar-refractivity contribution in [2.45, 2.75) is 184 Å². The van der Waals surface area contributed by atoms with Gasteiger partial charge in [0.15, 0.2) is 56.1 Å². The number of carbonyl (C=O) groups is 3. The minimum absolute atomic E-state index is 0.883. The van der Waals surface area contributed by atoms with Gasteiger partial charge in [-0.25, -0.2) is 14.4 Å². The first-order valence-electron chi connectivity index (χ1n) is 21.1. The van der Waals surface area contributed by atoms with Crippen molar-refractivity contribution in [3.05, 3.63) is 0 Å². The SMILES string of the molecule is O=C(O)[C@H]1O[C@@H](O[C@@H]2[C@H](O)[C@@H](O[C@H]3[C@H](O)[C@@H](O)[C@H](O[C@@H]4[C@@H](O[C@H]5[C@H](O)[C@@H](O)[C@H](O[C@@H]6C(O)O[C@H](CO)[C@@H](O)[C@@H]6O)O[C@@H]5C(=O)O)O[C@H](CO)[C@@H](O)[C@@H]4O)O[C@@H]3C(=O)O)O[C@H](CO)[C@H]2O)[C@H](O)[C@@H](O)[C@@H]1O. The van der Waals surface area contributed by atoms with Crippen LogP contribution in [0.3, 0.4) is 0 Å². The Kier molecular flexibility index (Phi) is 18.8. The van der Waals surface area contributed by atoms with Gasteiger partial charge in [0.05, 0.1) is 19.8 Å². The second-order valence-electron chi connectivity index (χ2n) is 16.9. The highest BCUT2D eigenvalue weighted by Gasteiger charge is 2.59. The molecule has 404 valence electrons. The molecule has 6 fully saturated rings. The van der Waals surface area contributed by atoms with E-state index in [-0.39, 0.29) is 0 Å². The van der Waals surface area contributed by atoms with E-state index in [0.717, 1.165) is 0 Å². The second kappa shape index (κ2) is 23.2. The van der Waals surface area contributed by atoms with Gasteiger partial charge < -0.3 is 154 Å². The molecule has 0 amide bonds. The van der Waals surface area contributed by atoms with Crippen molar-refractivity contribution in [2.24, 2.45) is 0 Å². The summed E-state index contributed by atoms with van der Waals surface area (Å²) in [5, 5.41) is 209. The number of carboxylic acids is 3. The number of hydrogen-bond donors (Lipinski definition) is 20. The maximum Gasteiger partial charge on any atom is 0.335 e. The van der Waals surface area contributed by atoms with Crippen LogP contribution in [0.25, 0.3) is 0 Å². The Morgan fingerprint density at radius 2 is 0.629 bits per heavy atom. The smallest absolute Gasteiger partial charge is 0.335 e. The number of ether oxygens (including phenoxy) is 11. The van der Waals surface area contributed by atoms with Crippen LogP contribution in [0.5, 0.6) is 0 Å². The van der Waals surface area contributed by atoms with Gasteiger partial charge in [-0.15, -0.1) is 0 Å². The molecule has 6 heterocycles. The van der Waals surface area contributed by atoms with E-state index in [1.54, 1.807) is 0 Å². The summed E-state index contributed by atoms with van der Waals surface area (Å²) < 4.78 is 58.8. The Morgan fingerprint density at radius 1 is 0.300 bits per heavy atom. The molecular formula is C36H56O34. The van der Waals surface area contributed by atoms with E-state index in [1.807, 2.05) is 0 Å². The maximum atomic E-state index is 12.6. The van der Waals surface area contributed by atoms with Crippen LogP contribution < -0.4 is 0 Å². The number of hydrogen-bond acceptors (Lipinski definition) is 31. The number of aliphatic hydroxyl groups excluding tert-OH is 17. The largest absolute Gasteiger partial charge is 0.479 e. The summed E-state index contributed by atoms with van der Waals surface area (Å²) in [5.41, 5.74) is 0. The predicted octanol–water partition coefficient (Wildman–Crippen LogP) is -13.8. The monoisotopic (exact) mass is 1030 g/mol. The Bertz CT molecular complexity index is 1750. The normalized spacial score (nSPS) is 51.4. The summed E-state index contributed by atoms with van der Waals surface area (Å²) in [6, 6.07) is 0. The number of aliphatic hydroxyl groups is 17. The van der Waals surface area contributed by atoms with Crippen molar-refractivity contribution in [2.75, 3.05) is 19.8 Å². The van der Waals surface area contributed by atoms with Crippen molar-refractivity contribution < 1.29 is 169 Å². The number of carboxylic acid groups (broad SMARTS) is 3. The lowest BCUT2D eigenvalue weighted by Crippen LogP contribution is -2.69. The second-order valence-corrected chi connectivity index (χ2v) is 16.9. The first-order valence-corrected chi connectivity index (χ1v) is 21.1. The summed E-state index contributed by atoms with van der Waals surface area (Å²) in [6.07, 6.45) is -66.7. The quantitative estimate of drug-likeness (QED) is 0.0682. The number of rotatable bonds is 16. The molecule has 0 aromatic rings. The molecule has 0 aromatic heterocycles. The van der Waals surface area contributed by atoms with E-state index >= 15 is 0 Å². The van der Waals surface area contributed by atoms with Crippen LogP contribution in [-0.4, -0.2) is 324 Å². The zero-order chi connectivity index (χ0) is 52.0. The molecule has 0 saturated carbocycles. The highest BCUT2D eigenvalue weighted by atomic mass is 16.8. The molecule has 0 radical (unpaired) electrons. The molecule has 34 nitrogen and oxygen atoms in total. The molecule has 6 aliphatic rings. The van der Waals surface area contributed by atoms with E-state index in [2.05, 4.69) is 0 Å². The van der Waals surface area contributed by atoms with Crippen molar-refractivity contribution >= 4 is 17.9 Å². The molecule has 30 atom stereocenters. The topological polar surface area (TPSA) is 557 Å². The van der Waals surface area contributed by atoms with Gasteiger partial charge in [0, 0.05) is 0 Å². The molecular weight excluding hydrogens is 976 g/mol. The van der Waals surface area contributed by atoms with Crippen LogP contribution in [0.15, 0.2) is 0 Å². The third kappa shape index (κ3) is 11.2. The third-order valence-electron chi connectivity index (χ3n) is 12.3. The first kappa shape index (κ1) is 56.6. The van der Waals surface area contributed by atoms with Gasteiger partial charge in [0.25, 0.3) is 0 Å². The maximum absolute atomic E-state index is 12.6. The van der Waals surface area contributed by atoms with Crippen molar-refractivity contribution in [1.29, 1.82) is 0 Å². The summed E-state index contributed by atoms with van der Waals surface area (Å²) in [4.78, 5) is 36.7. The van der Waals surface area contributed by atoms with Gasteiger partial charge in [-0.2, -0.15) is 0 Å². The molecule has 0 bridgehead atoms. The van der Waals surface area contributed by atoms with Crippen molar-refractivity contribution in [3.8, 4) is 0 Å². The Balaban J connectivity index is 1.19. The summed E-state index contributed by atoms with van der Waals surface area (Å²) in [7, 11) is 0. The van der Waals surface area contributed by atoms with E-state index in [9.17, 15) is 117 Å². The lowest BCUT2D eigenvalue weighted by molar-refractivity contribution is -0.399. The highest BCUT2D eigenvalue weighted by Crippen LogP contribution is 2.37. The third-order valence-corrected chi connectivity index (χ3v) is 12.3. The van der Waals surface area contributed by atoms with E-state index in [1.165, 1.54) is 0 Å². The van der Waals surface area contributed by atoms with Crippen molar-refractivity contribution in [1.82, 2.24) is 0 Å². The molecule has 6 saturated heterocycles. The van der Waals surface area contributed by atoms with Crippen LogP contribution in [0.2, 0.25) is 0 Å². The van der Waals surface area contributed by atoms with Gasteiger partial charge in [0.2, 0.25) is 0 Å². The fourth-order valence-electron chi connectivity index (χ4n) is 8.39. The molecule has 70 heavy (non-hydrogen) atoms.